The summed E-state index contributed by atoms with van der Waals surface area (Å²) in [6.07, 6.45) is -2.95. The molecule has 3 aromatic rings. The summed E-state index contributed by atoms with van der Waals surface area (Å²) in [6.45, 7) is 0. The van der Waals surface area contributed by atoms with Gasteiger partial charge in [-0.05, 0) is 23.6 Å². The van der Waals surface area contributed by atoms with Gasteiger partial charge in [0.1, 0.15) is 16.8 Å². The summed E-state index contributed by atoms with van der Waals surface area (Å²) in [4.78, 5) is 4.94. The third-order valence-corrected chi connectivity index (χ3v) is 4.15. The molecular formula is C14H7ClF3NOS. The van der Waals surface area contributed by atoms with Gasteiger partial charge in [-0.3, -0.25) is 0 Å². The van der Waals surface area contributed by atoms with Crippen molar-refractivity contribution in [2.75, 3.05) is 0 Å². The summed E-state index contributed by atoms with van der Waals surface area (Å²) in [6, 6.07) is 6.48. The van der Waals surface area contributed by atoms with Crippen molar-refractivity contribution in [3.63, 3.8) is 0 Å². The largest absolute Gasteiger partial charge is 0.443 e. The zero-order valence-corrected chi connectivity index (χ0v) is 11.9. The first kappa shape index (κ1) is 14.2. The minimum absolute atomic E-state index is 0.352. The number of hydrogen-bond donors (Lipinski definition) is 0. The molecule has 7 heteroatoms. The van der Waals surface area contributed by atoms with E-state index in [2.05, 4.69) is 4.98 Å². The van der Waals surface area contributed by atoms with Gasteiger partial charge in [0, 0.05) is 5.56 Å². The van der Waals surface area contributed by atoms with Crippen molar-refractivity contribution in [2.45, 2.75) is 6.18 Å². The van der Waals surface area contributed by atoms with E-state index in [1.165, 1.54) is 29.7 Å². The highest BCUT2D eigenvalue weighted by Gasteiger charge is 2.30. The van der Waals surface area contributed by atoms with Crippen LogP contribution in [0.4, 0.5) is 13.2 Å². The number of hydrogen-bond acceptors (Lipinski definition) is 3. The summed E-state index contributed by atoms with van der Waals surface area (Å²) < 4.78 is 42.9. The highest BCUT2D eigenvalue weighted by atomic mass is 35.5. The van der Waals surface area contributed by atoms with Gasteiger partial charge in [0.2, 0.25) is 5.89 Å². The molecule has 0 aliphatic carbocycles. The molecule has 108 valence electrons. The van der Waals surface area contributed by atoms with E-state index in [1.54, 1.807) is 11.4 Å². The van der Waals surface area contributed by atoms with Crippen molar-refractivity contribution < 1.29 is 17.6 Å². The molecule has 2 aromatic heterocycles. The average Bonchev–Trinajstić information content (AvgIpc) is 3.06. The third kappa shape index (κ3) is 2.82. The zero-order valence-electron chi connectivity index (χ0n) is 10.3. The van der Waals surface area contributed by atoms with Gasteiger partial charge in [-0.15, -0.1) is 11.3 Å². The van der Waals surface area contributed by atoms with Crippen LogP contribution in [0.25, 0.3) is 22.0 Å². The van der Waals surface area contributed by atoms with E-state index in [0.29, 0.717) is 27.0 Å². The van der Waals surface area contributed by atoms with Crippen LogP contribution in [0, 0.1) is 0 Å². The van der Waals surface area contributed by atoms with Crippen molar-refractivity contribution in [3.05, 3.63) is 52.6 Å². The summed E-state index contributed by atoms with van der Waals surface area (Å²) in [5.41, 5.74) is 0.310. The highest BCUT2D eigenvalue weighted by Crippen LogP contribution is 2.35. The van der Waals surface area contributed by atoms with E-state index < -0.39 is 11.7 Å². The maximum Gasteiger partial charge on any atom is 0.416 e. The Balaban J connectivity index is 1.92. The van der Waals surface area contributed by atoms with Crippen LogP contribution in [0.2, 0.25) is 5.02 Å². The molecule has 2 nitrogen and oxygen atoms in total. The molecule has 0 atom stereocenters. The van der Waals surface area contributed by atoms with Crippen molar-refractivity contribution in [1.29, 1.82) is 0 Å². The lowest BCUT2D eigenvalue weighted by Gasteiger charge is -2.06. The fraction of sp³-hybridized carbons (Fsp3) is 0.0714. The van der Waals surface area contributed by atoms with Crippen LogP contribution in [-0.2, 0) is 6.18 Å². The van der Waals surface area contributed by atoms with Gasteiger partial charge in [0.15, 0.2) is 0 Å². The summed E-state index contributed by atoms with van der Waals surface area (Å²) in [5, 5.41) is 2.33. The fourth-order valence-electron chi connectivity index (χ4n) is 1.79. The number of alkyl halides is 3. The second kappa shape index (κ2) is 5.20. The predicted molar refractivity (Wildman–Crippen MR) is 75.3 cm³/mol. The van der Waals surface area contributed by atoms with Crippen LogP contribution in [0.3, 0.4) is 0 Å². The lowest BCUT2D eigenvalue weighted by atomic mass is 10.1. The standard InChI is InChI=1S/C14H7ClF3NOS/c15-10-5-6-21-12(10)13-19-11(7-20-13)8-1-3-9(4-2-8)14(16,17)18/h1-7H. The molecule has 0 fully saturated rings. The molecule has 2 heterocycles. The highest BCUT2D eigenvalue weighted by molar-refractivity contribution is 7.14. The second-order valence-electron chi connectivity index (χ2n) is 4.21. The molecule has 0 aliphatic heterocycles. The number of oxazole rings is 1. The molecule has 0 amide bonds. The van der Waals surface area contributed by atoms with E-state index in [1.807, 2.05) is 0 Å². The van der Waals surface area contributed by atoms with Gasteiger partial charge >= 0.3 is 6.18 Å². The molecule has 0 N–H and O–H groups in total. The number of thiophene rings is 1. The molecule has 0 radical (unpaired) electrons. The van der Waals surface area contributed by atoms with Crippen LogP contribution in [-0.4, -0.2) is 4.98 Å². The Morgan fingerprint density at radius 3 is 2.38 bits per heavy atom. The summed E-state index contributed by atoms with van der Waals surface area (Å²) in [5.74, 6) is 0.352. The van der Waals surface area contributed by atoms with Gasteiger partial charge in [-0.1, -0.05) is 23.7 Å². The smallest absolute Gasteiger partial charge is 0.416 e. The van der Waals surface area contributed by atoms with Gasteiger partial charge < -0.3 is 4.42 Å². The van der Waals surface area contributed by atoms with Gasteiger partial charge in [0.25, 0.3) is 0 Å². The van der Waals surface area contributed by atoms with Crippen LogP contribution in [0.1, 0.15) is 5.56 Å². The molecule has 1 aromatic carbocycles. The summed E-state index contributed by atoms with van der Waals surface area (Å²) in [7, 11) is 0. The lowest BCUT2D eigenvalue weighted by molar-refractivity contribution is -0.137. The van der Waals surface area contributed by atoms with Crippen LogP contribution in [0.5, 0.6) is 0 Å². The quantitative estimate of drug-likeness (QED) is 0.599. The maximum absolute atomic E-state index is 12.5. The molecule has 0 saturated carbocycles. The van der Waals surface area contributed by atoms with Crippen LogP contribution < -0.4 is 0 Å². The molecular weight excluding hydrogens is 323 g/mol. The topological polar surface area (TPSA) is 26.0 Å². The number of halogens is 4. The number of nitrogens with zero attached hydrogens (tertiary/aromatic N) is 1. The minimum atomic E-state index is -4.35. The Labute approximate surface area is 126 Å². The van der Waals surface area contributed by atoms with Crippen molar-refractivity contribution >= 4 is 22.9 Å². The van der Waals surface area contributed by atoms with Gasteiger partial charge in [-0.2, -0.15) is 13.2 Å². The molecule has 21 heavy (non-hydrogen) atoms. The molecule has 0 aliphatic rings. The van der Waals surface area contributed by atoms with Crippen molar-refractivity contribution in [3.8, 4) is 22.0 Å². The molecule has 3 rings (SSSR count). The first-order valence-corrected chi connectivity index (χ1v) is 7.07. The van der Waals surface area contributed by atoms with E-state index in [-0.39, 0.29) is 0 Å². The fourth-order valence-corrected chi connectivity index (χ4v) is 2.85. The monoisotopic (exact) mass is 329 g/mol. The number of aromatic nitrogens is 1. The number of benzene rings is 1. The van der Waals surface area contributed by atoms with E-state index in [4.69, 9.17) is 16.0 Å². The van der Waals surface area contributed by atoms with E-state index >= 15 is 0 Å². The molecule has 0 saturated heterocycles. The predicted octanol–water partition coefficient (Wildman–Crippen LogP) is 5.74. The van der Waals surface area contributed by atoms with E-state index in [0.717, 1.165) is 12.1 Å². The first-order valence-electron chi connectivity index (χ1n) is 5.81. The zero-order chi connectivity index (χ0) is 15.0. The van der Waals surface area contributed by atoms with Crippen molar-refractivity contribution in [2.24, 2.45) is 0 Å². The molecule has 0 unspecified atom stereocenters. The average molecular weight is 330 g/mol. The summed E-state index contributed by atoms with van der Waals surface area (Å²) >= 11 is 7.37. The third-order valence-electron chi connectivity index (χ3n) is 2.82. The Morgan fingerprint density at radius 2 is 1.81 bits per heavy atom. The Hall–Kier alpha value is -1.79. The van der Waals surface area contributed by atoms with E-state index in [9.17, 15) is 13.2 Å². The van der Waals surface area contributed by atoms with Gasteiger partial charge in [0.05, 0.1) is 10.6 Å². The second-order valence-corrected chi connectivity index (χ2v) is 5.53. The molecule has 0 spiro atoms. The van der Waals surface area contributed by atoms with Crippen LogP contribution >= 0.6 is 22.9 Å². The Morgan fingerprint density at radius 1 is 1.10 bits per heavy atom. The van der Waals surface area contributed by atoms with Crippen LogP contribution in [0.15, 0.2) is 46.4 Å². The first-order chi connectivity index (χ1) is 9.95. The normalized spacial score (nSPS) is 11.8. The van der Waals surface area contributed by atoms with Crippen molar-refractivity contribution in [1.82, 2.24) is 4.98 Å². The molecule has 0 bridgehead atoms. The SMILES string of the molecule is FC(F)(F)c1ccc(-c2coc(-c3sccc3Cl)n2)cc1. The maximum atomic E-state index is 12.5. The Bertz CT molecular complexity index is 761. The number of rotatable bonds is 2. The lowest BCUT2D eigenvalue weighted by Crippen LogP contribution is -2.03. The minimum Gasteiger partial charge on any atom is -0.443 e. The van der Waals surface area contributed by atoms with Gasteiger partial charge in [-0.25, -0.2) is 4.98 Å². The Kier molecular flexibility index (Phi) is 3.51.